The number of alkyl halides is 2. The molecule has 120 valence electrons. The van der Waals surface area contributed by atoms with Crippen molar-refractivity contribution in [2.75, 3.05) is 32.7 Å². The van der Waals surface area contributed by atoms with Gasteiger partial charge in [-0.25, -0.2) is 13.8 Å². The summed E-state index contributed by atoms with van der Waals surface area (Å²) in [6, 6.07) is 0. The minimum Gasteiger partial charge on any atom is -0.446 e. The molecule has 2 aliphatic rings. The van der Waals surface area contributed by atoms with Crippen molar-refractivity contribution < 1.29 is 17.9 Å². The van der Waals surface area contributed by atoms with Gasteiger partial charge in [-0.15, -0.1) is 12.4 Å². The molecule has 1 aromatic rings. The zero-order chi connectivity index (χ0) is 14.0. The molecule has 0 saturated carbocycles. The third kappa shape index (κ3) is 3.91. The molecule has 1 spiro atoms. The van der Waals surface area contributed by atoms with E-state index in [9.17, 15) is 8.78 Å². The van der Waals surface area contributed by atoms with Gasteiger partial charge in [-0.05, 0) is 25.9 Å². The van der Waals surface area contributed by atoms with Gasteiger partial charge in [0, 0.05) is 13.1 Å². The molecule has 8 heteroatoms. The maximum absolute atomic E-state index is 12.7. The maximum atomic E-state index is 12.7. The largest absolute Gasteiger partial charge is 0.446 e. The highest BCUT2D eigenvalue weighted by Crippen LogP contribution is 2.36. The van der Waals surface area contributed by atoms with E-state index in [2.05, 4.69) is 10.3 Å². The van der Waals surface area contributed by atoms with Crippen LogP contribution in [0.25, 0.3) is 0 Å². The minimum atomic E-state index is -2.34. The Bertz CT molecular complexity index is 427. The number of piperidine rings is 1. The van der Waals surface area contributed by atoms with Crippen LogP contribution in [0.3, 0.4) is 0 Å². The fraction of sp³-hybridized carbons (Fsp3) is 0.769. The molecule has 2 saturated heterocycles. The number of hydrogen-bond acceptors (Lipinski definition) is 5. The van der Waals surface area contributed by atoms with Gasteiger partial charge in [0.25, 0.3) is 6.43 Å². The lowest BCUT2D eigenvalue weighted by molar-refractivity contribution is -0.180. The fourth-order valence-corrected chi connectivity index (χ4v) is 3.10. The molecule has 21 heavy (non-hydrogen) atoms. The van der Waals surface area contributed by atoms with Crippen LogP contribution in [-0.2, 0) is 4.74 Å². The third-order valence-corrected chi connectivity index (χ3v) is 3.97. The standard InChI is InChI=1S/C13H19F2N3O2.ClH/c14-11(15)8-18-7-10(12-17-5-6-19-12)20-13(9-18)1-3-16-4-2-13;/h5-6,10-11,16H,1-4,7-9H2;1H. The lowest BCUT2D eigenvalue weighted by Gasteiger charge is -2.47. The third-order valence-electron chi connectivity index (χ3n) is 3.97. The maximum Gasteiger partial charge on any atom is 0.251 e. The van der Waals surface area contributed by atoms with E-state index in [0.717, 1.165) is 25.9 Å². The molecule has 5 nitrogen and oxygen atoms in total. The second-order valence-electron chi connectivity index (χ2n) is 5.50. The van der Waals surface area contributed by atoms with E-state index < -0.39 is 6.43 Å². The molecular weight excluding hydrogens is 304 g/mol. The Morgan fingerprint density at radius 1 is 1.43 bits per heavy atom. The Morgan fingerprint density at radius 3 is 2.81 bits per heavy atom. The van der Waals surface area contributed by atoms with Crippen LogP contribution in [0.1, 0.15) is 24.8 Å². The molecule has 0 bridgehead atoms. The topological polar surface area (TPSA) is 50.5 Å². The van der Waals surface area contributed by atoms with Crippen LogP contribution in [0.2, 0.25) is 0 Å². The summed E-state index contributed by atoms with van der Waals surface area (Å²) in [5.41, 5.74) is -0.364. The van der Waals surface area contributed by atoms with E-state index >= 15 is 0 Å². The average Bonchev–Trinajstić information content (AvgIpc) is 2.92. The number of halogens is 3. The van der Waals surface area contributed by atoms with Crippen LogP contribution < -0.4 is 5.32 Å². The first-order chi connectivity index (χ1) is 9.67. The van der Waals surface area contributed by atoms with Crippen molar-refractivity contribution in [2.45, 2.75) is 31.0 Å². The van der Waals surface area contributed by atoms with Gasteiger partial charge in [0.15, 0.2) is 0 Å². The molecule has 1 N–H and O–H groups in total. The van der Waals surface area contributed by atoms with Crippen molar-refractivity contribution in [3.63, 3.8) is 0 Å². The van der Waals surface area contributed by atoms with Gasteiger partial charge in [0.05, 0.1) is 18.3 Å². The van der Waals surface area contributed by atoms with Crippen molar-refractivity contribution in [3.05, 3.63) is 18.4 Å². The summed E-state index contributed by atoms with van der Waals surface area (Å²) in [5.74, 6) is 0.474. The van der Waals surface area contributed by atoms with Crippen molar-refractivity contribution in [2.24, 2.45) is 0 Å². The van der Waals surface area contributed by atoms with Crippen molar-refractivity contribution in [3.8, 4) is 0 Å². The summed E-state index contributed by atoms with van der Waals surface area (Å²) in [5, 5.41) is 3.28. The fourth-order valence-electron chi connectivity index (χ4n) is 3.10. The van der Waals surface area contributed by atoms with E-state index in [1.54, 1.807) is 11.1 Å². The average molecular weight is 324 g/mol. The SMILES string of the molecule is Cl.FC(F)CN1CC(c2ncco2)OC2(CCNCC2)C1. The molecule has 3 rings (SSSR count). The summed E-state index contributed by atoms with van der Waals surface area (Å²) >= 11 is 0. The Labute approximate surface area is 128 Å². The van der Waals surface area contributed by atoms with Crippen LogP contribution in [0.4, 0.5) is 8.78 Å². The number of nitrogens with one attached hydrogen (secondary N) is 1. The van der Waals surface area contributed by atoms with E-state index in [1.165, 1.54) is 6.26 Å². The molecule has 3 heterocycles. The Morgan fingerprint density at radius 2 is 2.19 bits per heavy atom. The monoisotopic (exact) mass is 323 g/mol. The predicted octanol–water partition coefficient (Wildman–Crippen LogP) is 1.86. The number of nitrogens with zero attached hydrogens (tertiary/aromatic N) is 2. The molecule has 1 unspecified atom stereocenters. The van der Waals surface area contributed by atoms with Gasteiger partial charge in [0.2, 0.25) is 5.89 Å². The Kier molecular flexibility index (Phi) is 5.54. The molecule has 1 aromatic heterocycles. The van der Waals surface area contributed by atoms with Crippen LogP contribution in [0.5, 0.6) is 0 Å². The highest BCUT2D eigenvalue weighted by Gasteiger charge is 2.43. The number of hydrogen-bond donors (Lipinski definition) is 1. The zero-order valence-corrected chi connectivity index (χ0v) is 12.5. The highest BCUT2D eigenvalue weighted by atomic mass is 35.5. The van der Waals surface area contributed by atoms with Gasteiger partial charge in [-0.2, -0.15) is 0 Å². The summed E-state index contributed by atoms with van der Waals surface area (Å²) in [4.78, 5) is 5.88. The number of aromatic nitrogens is 1. The van der Waals surface area contributed by atoms with Gasteiger partial charge in [-0.1, -0.05) is 0 Å². The highest BCUT2D eigenvalue weighted by molar-refractivity contribution is 5.85. The van der Waals surface area contributed by atoms with Gasteiger partial charge >= 0.3 is 0 Å². The smallest absolute Gasteiger partial charge is 0.251 e. The molecule has 2 fully saturated rings. The molecular formula is C13H20ClF2N3O2. The van der Waals surface area contributed by atoms with Crippen molar-refractivity contribution in [1.29, 1.82) is 0 Å². The molecule has 0 amide bonds. The van der Waals surface area contributed by atoms with Crippen LogP contribution >= 0.6 is 12.4 Å². The zero-order valence-electron chi connectivity index (χ0n) is 11.6. The summed E-state index contributed by atoms with van der Waals surface area (Å²) in [6.45, 7) is 2.42. The van der Waals surface area contributed by atoms with Gasteiger partial charge < -0.3 is 14.5 Å². The predicted molar refractivity (Wildman–Crippen MR) is 74.9 cm³/mol. The molecule has 0 aromatic carbocycles. The Balaban J connectivity index is 0.00000161. The Hall–Kier alpha value is -0.760. The van der Waals surface area contributed by atoms with E-state index in [4.69, 9.17) is 9.15 Å². The summed E-state index contributed by atoms with van der Waals surface area (Å²) in [7, 11) is 0. The molecule has 0 radical (unpaired) electrons. The van der Waals surface area contributed by atoms with E-state index in [-0.39, 0.29) is 30.7 Å². The first kappa shape index (κ1) is 16.6. The summed E-state index contributed by atoms with van der Waals surface area (Å²) in [6.07, 6.45) is 1.99. The lowest BCUT2D eigenvalue weighted by atomic mass is 9.89. The van der Waals surface area contributed by atoms with Crippen LogP contribution in [0.15, 0.2) is 16.9 Å². The first-order valence-corrected chi connectivity index (χ1v) is 6.95. The second kappa shape index (κ2) is 7.00. The first-order valence-electron chi connectivity index (χ1n) is 6.95. The summed E-state index contributed by atoms with van der Waals surface area (Å²) < 4.78 is 36.9. The molecule has 2 aliphatic heterocycles. The quantitative estimate of drug-likeness (QED) is 0.920. The van der Waals surface area contributed by atoms with Crippen molar-refractivity contribution >= 4 is 12.4 Å². The number of rotatable bonds is 3. The number of morpholine rings is 1. The number of ether oxygens (including phenoxy) is 1. The van der Waals surface area contributed by atoms with Crippen LogP contribution in [-0.4, -0.2) is 54.6 Å². The lowest BCUT2D eigenvalue weighted by Crippen LogP contribution is -2.57. The molecule has 0 aliphatic carbocycles. The van der Waals surface area contributed by atoms with Gasteiger partial charge in [0.1, 0.15) is 12.4 Å². The van der Waals surface area contributed by atoms with E-state index in [0.29, 0.717) is 19.0 Å². The normalized spacial score (nSPS) is 26.0. The van der Waals surface area contributed by atoms with Crippen molar-refractivity contribution in [1.82, 2.24) is 15.2 Å². The number of oxazole rings is 1. The second-order valence-corrected chi connectivity index (χ2v) is 5.50. The minimum absolute atomic E-state index is 0. The molecule has 1 atom stereocenters. The van der Waals surface area contributed by atoms with Gasteiger partial charge in [-0.3, -0.25) is 4.90 Å². The van der Waals surface area contributed by atoms with Crippen LogP contribution in [0, 0.1) is 0 Å². The van der Waals surface area contributed by atoms with E-state index in [1.807, 2.05) is 0 Å².